The predicted molar refractivity (Wildman–Crippen MR) is 82.1 cm³/mol. The van der Waals surface area contributed by atoms with Crippen molar-refractivity contribution in [1.29, 1.82) is 0 Å². The fourth-order valence-electron chi connectivity index (χ4n) is 2.17. The highest BCUT2D eigenvalue weighted by atomic mass is 16.5. The van der Waals surface area contributed by atoms with Crippen LogP contribution in [0.15, 0.2) is 48.7 Å². The Labute approximate surface area is 126 Å². The highest BCUT2D eigenvalue weighted by molar-refractivity contribution is 5.96. The highest BCUT2D eigenvalue weighted by Gasteiger charge is 2.08. The first-order valence-electron chi connectivity index (χ1n) is 6.72. The zero-order valence-corrected chi connectivity index (χ0v) is 11.7. The lowest BCUT2D eigenvalue weighted by atomic mass is 10.1. The van der Waals surface area contributed by atoms with Crippen molar-refractivity contribution in [2.45, 2.75) is 6.54 Å². The summed E-state index contributed by atoms with van der Waals surface area (Å²) in [4.78, 5) is 20.3. The third-order valence-electron chi connectivity index (χ3n) is 3.39. The number of hydrogen-bond acceptors (Lipinski definition) is 5. The third kappa shape index (κ3) is 2.65. The van der Waals surface area contributed by atoms with Gasteiger partial charge in [0.05, 0.1) is 22.9 Å². The molecule has 0 spiro atoms. The van der Waals surface area contributed by atoms with Crippen molar-refractivity contribution in [1.82, 2.24) is 15.4 Å². The van der Waals surface area contributed by atoms with Crippen molar-refractivity contribution in [3.8, 4) is 11.3 Å². The van der Waals surface area contributed by atoms with Gasteiger partial charge in [0.25, 0.3) is 5.91 Å². The molecule has 3 aromatic rings. The number of carbonyl (C=O) groups is 1. The third-order valence-corrected chi connectivity index (χ3v) is 3.39. The Bertz CT molecular complexity index is 831. The standard InChI is InChI=1S/C16H14N4O2/c17-8-10-1-3-11(4-2-10)15-9-18-13-6-5-12(16(21)20-22)7-14(13)19-15/h1-7,9,22H,8,17H2,(H,20,21). The molecule has 0 saturated carbocycles. The summed E-state index contributed by atoms with van der Waals surface area (Å²) in [5.41, 5.74) is 11.4. The van der Waals surface area contributed by atoms with Gasteiger partial charge in [-0.15, -0.1) is 0 Å². The second-order valence-electron chi connectivity index (χ2n) is 4.80. The maximum absolute atomic E-state index is 11.5. The normalized spacial score (nSPS) is 10.6. The molecular formula is C16H14N4O2. The molecule has 110 valence electrons. The van der Waals surface area contributed by atoms with Gasteiger partial charge < -0.3 is 5.73 Å². The van der Waals surface area contributed by atoms with E-state index < -0.39 is 5.91 Å². The average Bonchev–Trinajstić information content (AvgIpc) is 2.60. The second kappa shape index (κ2) is 5.88. The molecule has 1 aromatic heterocycles. The minimum atomic E-state index is -0.582. The lowest BCUT2D eigenvalue weighted by Crippen LogP contribution is -2.18. The topological polar surface area (TPSA) is 101 Å². The molecule has 0 saturated heterocycles. The van der Waals surface area contributed by atoms with Crippen LogP contribution in [0.3, 0.4) is 0 Å². The minimum Gasteiger partial charge on any atom is -0.326 e. The van der Waals surface area contributed by atoms with Crippen LogP contribution in [0.5, 0.6) is 0 Å². The molecule has 3 rings (SSSR count). The van der Waals surface area contributed by atoms with Crippen molar-refractivity contribution in [2.24, 2.45) is 5.73 Å². The number of benzene rings is 2. The molecule has 0 aliphatic heterocycles. The Morgan fingerprint density at radius 2 is 1.91 bits per heavy atom. The largest absolute Gasteiger partial charge is 0.326 e. The van der Waals surface area contributed by atoms with Crippen LogP contribution in [-0.4, -0.2) is 21.1 Å². The number of hydroxylamine groups is 1. The maximum atomic E-state index is 11.5. The van der Waals surface area contributed by atoms with Gasteiger partial charge in [0.1, 0.15) is 0 Å². The van der Waals surface area contributed by atoms with Gasteiger partial charge in [-0.2, -0.15) is 0 Å². The SMILES string of the molecule is NCc1ccc(-c2cnc3ccc(C(=O)NO)cc3n2)cc1. The maximum Gasteiger partial charge on any atom is 0.274 e. The van der Waals surface area contributed by atoms with E-state index in [9.17, 15) is 4.79 Å². The number of nitrogens with two attached hydrogens (primary N) is 1. The summed E-state index contributed by atoms with van der Waals surface area (Å²) in [5.74, 6) is -0.582. The summed E-state index contributed by atoms with van der Waals surface area (Å²) in [7, 11) is 0. The Morgan fingerprint density at radius 1 is 1.14 bits per heavy atom. The summed E-state index contributed by atoms with van der Waals surface area (Å²) >= 11 is 0. The number of amides is 1. The van der Waals surface area contributed by atoms with Gasteiger partial charge in [0, 0.05) is 17.7 Å². The zero-order chi connectivity index (χ0) is 15.5. The van der Waals surface area contributed by atoms with E-state index in [0.29, 0.717) is 28.8 Å². The number of nitrogens with one attached hydrogen (secondary N) is 1. The molecule has 6 nitrogen and oxygen atoms in total. The van der Waals surface area contributed by atoms with Crippen LogP contribution < -0.4 is 11.2 Å². The van der Waals surface area contributed by atoms with Gasteiger partial charge in [-0.3, -0.25) is 15.0 Å². The highest BCUT2D eigenvalue weighted by Crippen LogP contribution is 2.20. The van der Waals surface area contributed by atoms with E-state index in [1.54, 1.807) is 29.9 Å². The van der Waals surface area contributed by atoms with Gasteiger partial charge in [-0.05, 0) is 23.8 Å². The summed E-state index contributed by atoms with van der Waals surface area (Å²) in [6, 6.07) is 12.6. The quantitative estimate of drug-likeness (QED) is 0.505. The molecule has 0 fully saturated rings. The van der Waals surface area contributed by atoms with Crippen LogP contribution in [0.25, 0.3) is 22.3 Å². The molecule has 0 bridgehead atoms. The van der Waals surface area contributed by atoms with Crippen molar-refractivity contribution in [3.63, 3.8) is 0 Å². The van der Waals surface area contributed by atoms with Gasteiger partial charge in [-0.1, -0.05) is 24.3 Å². The van der Waals surface area contributed by atoms with Crippen molar-refractivity contribution in [3.05, 3.63) is 59.8 Å². The van der Waals surface area contributed by atoms with E-state index >= 15 is 0 Å². The average molecular weight is 294 g/mol. The minimum absolute atomic E-state index is 0.319. The first kappa shape index (κ1) is 14.1. The number of rotatable bonds is 3. The Morgan fingerprint density at radius 3 is 2.59 bits per heavy atom. The van der Waals surface area contributed by atoms with Crippen LogP contribution >= 0.6 is 0 Å². The number of fused-ring (bicyclic) bond motifs is 1. The zero-order valence-electron chi connectivity index (χ0n) is 11.7. The van der Waals surface area contributed by atoms with E-state index in [1.165, 1.54) is 0 Å². The molecule has 22 heavy (non-hydrogen) atoms. The van der Waals surface area contributed by atoms with Gasteiger partial charge in [-0.25, -0.2) is 10.5 Å². The molecule has 6 heteroatoms. The molecule has 2 aromatic carbocycles. The second-order valence-corrected chi connectivity index (χ2v) is 4.80. The van der Waals surface area contributed by atoms with E-state index in [1.807, 2.05) is 24.3 Å². The van der Waals surface area contributed by atoms with Crippen LogP contribution in [0.2, 0.25) is 0 Å². The number of nitrogens with zero attached hydrogens (tertiary/aromatic N) is 2. The molecule has 0 atom stereocenters. The smallest absolute Gasteiger partial charge is 0.274 e. The van der Waals surface area contributed by atoms with Crippen molar-refractivity contribution in [2.75, 3.05) is 0 Å². The fraction of sp³-hybridized carbons (Fsp3) is 0.0625. The fourth-order valence-corrected chi connectivity index (χ4v) is 2.17. The van der Waals surface area contributed by atoms with E-state index in [-0.39, 0.29) is 0 Å². The van der Waals surface area contributed by atoms with Gasteiger partial charge in [0.15, 0.2) is 0 Å². The summed E-state index contributed by atoms with van der Waals surface area (Å²) < 4.78 is 0. The molecular weight excluding hydrogens is 280 g/mol. The lowest BCUT2D eigenvalue weighted by molar-refractivity contribution is 0.0706. The first-order chi connectivity index (χ1) is 10.7. The van der Waals surface area contributed by atoms with Crippen LogP contribution in [0, 0.1) is 0 Å². The molecule has 4 N–H and O–H groups in total. The molecule has 0 radical (unpaired) electrons. The van der Waals surface area contributed by atoms with E-state index in [4.69, 9.17) is 10.9 Å². The predicted octanol–water partition coefficient (Wildman–Crippen LogP) is 1.87. The lowest BCUT2D eigenvalue weighted by Gasteiger charge is -2.05. The molecule has 1 heterocycles. The Kier molecular flexibility index (Phi) is 3.78. The summed E-state index contributed by atoms with van der Waals surface area (Å²) in [6.45, 7) is 0.489. The Balaban J connectivity index is 2.05. The number of aromatic nitrogens is 2. The van der Waals surface area contributed by atoms with Crippen LogP contribution in [-0.2, 0) is 6.54 Å². The molecule has 0 aliphatic rings. The van der Waals surface area contributed by atoms with Crippen molar-refractivity contribution < 1.29 is 10.0 Å². The summed E-state index contributed by atoms with van der Waals surface area (Å²) in [5, 5.41) is 8.70. The van der Waals surface area contributed by atoms with Gasteiger partial charge in [0.2, 0.25) is 0 Å². The van der Waals surface area contributed by atoms with Crippen molar-refractivity contribution >= 4 is 16.9 Å². The molecule has 0 unspecified atom stereocenters. The molecule has 1 amide bonds. The number of carbonyl (C=O) groups excluding carboxylic acids is 1. The first-order valence-corrected chi connectivity index (χ1v) is 6.72. The Hall–Kier alpha value is -2.83. The van der Waals surface area contributed by atoms with E-state index in [2.05, 4.69) is 9.97 Å². The van der Waals surface area contributed by atoms with Gasteiger partial charge >= 0.3 is 0 Å². The molecule has 0 aliphatic carbocycles. The van der Waals surface area contributed by atoms with E-state index in [0.717, 1.165) is 11.1 Å². The number of hydrogen-bond donors (Lipinski definition) is 3. The van der Waals surface area contributed by atoms with Crippen LogP contribution in [0.4, 0.5) is 0 Å². The van der Waals surface area contributed by atoms with Crippen LogP contribution in [0.1, 0.15) is 15.9 Å². The monoisotopic (exact) mass is 294 g/mol. The summed E-state index contributed by atoms with van der Waals surface area (Å²) in [6.07, 6.45) is 1.69.